The number of hydrogen-bond acceptors (Lipinski definition) is 5. The third-order valence-corrected chi connectivity index (χ3v) is 12.2. The second kappa shape index (κ2) is 13.1. The topological polar surface area (TPSA) is 57.4 Å². The molecule has 0 saturated heterocycles. The lowest BCUT2D eigenvalue weighted by Gasteiger charge is -2.26. The maximum Gasteiger partial charge on any atom is 0.178 e. The number of fused-ring (bicyclic) bond motifs is 9. The predicted octanol–water partition coefficient (Wildman–Crippen LogP) is 14.9. The van der Waals surface area contributed by atoms with Crippen LogP contribution < -0.4 is 9.47 Å². The molecule has 0 bridgehead atoms. The Morgan fingerprint density at radius 2 is 1.05 bits per heavy atom. The molecule has 0 amide bonds. The Kier molecular flexibility index (Phi) is 7.51. The molecule has 284 valence electrons. The van der Waals surface area contributed by atoms with Crippen molar-refractivity contribution in [3.05, 3.63) is 193 Å². The molecule has 10 aromatic rings. The molecule has 8 aromatic carbocycles. The minimum atomic E-state index is -0.136. The van der Waals surface area contributed by atoms with Crippen LogP contribution in [-0.2, 0) is 5.41 Å². The molecular weight excluding hydrogens is 737 g/mol. The second-order valence-corrected chi connectivity index (χ2v) is 16.1. The Morgan fingerprint density at radius 3 is 1.93 bits per heavy atom. The maximum atomic E-state index is 6.80. The number of nitrogens with zero attached hydrogens (tertiary/aromatic N) is 2. The van der Waals surface area contributed by atoms with Gasteiger partial charge in [-0.1, -0.05) is 166 Å². The molecule has 0 unspecified atom stereocenters. The lowest BCUT2D eigenvalue weighted by molar-refractivity contribution is 0.361. The van der Waals surface area contributed by atoms with Crippen LogP contribution in [-0.4, -0.2) is 9.97 Å². The Morgan fingerprint density at radius 1 is 0.417 bits per heavy atom. The van der Waals surface area contributed by atoms with Crippen molar-refractivity contribution in [3.63, 3.8) is 0 Å². The number of furan rings is 1. The van der Waals surface area contributed by atoms with Crippen LogP contribution in [0.2, 0.25) is 0 Å². The van der Waals surface area contributed by atoms with Gasteiger partial charge in [0.05, 0.1) is 11.4 Å². The molecule has 0 saturated carbocycles. The molecule has 5 nitrogen and oxygen atoms in total. The van der Waals surface area contributed by atoms with Crippen molar-refractivity contribution in [2.45, 2.75) is 19.3 Å². The molecule has 0 radical (unpaired) electrons. The number of ether oxygens (including phenoxy) is 2. The van der Waals surface area contributed by atoms with Crippen molar-refractivity contribution in [1.29, 1.82) is 0 Å². The van der Waals surface area contributed by atoms with Gasteiger partial charge in [0.2, 0.25) is 0 Å². The first-order valence-electron chi connectivity index (χ1n) is 20.3. The van der Waals surface area contributed by atoms with Gasteiger partial charge in [-0.3, -0.25) is 0 Å². The molecule has 1 aliphatic heterocycles. The standard InChI is InChI=1S/C55H36N2O3/c1-55(2)43-22-8-6-18-42(43)50-44(55)29-30-49-53(50)60-48-24-12-20-39(52(48)59-49)36-15-10-16-37(31-36)46-32-45(34-13-4-3-5-14-34)56-54(57-46)35-27-25-33(26-28-35)38-19-11-21-41-40-17-7-9-23-47(40)58-51(38)41/h3-32H,1-2H3. The second-order valence-electron chi connectivity index (χ2n) is 16.1. The number of hydrogen-bond donors (Lipinski definition) is 0. The first-order valence-corrected chi connectivity index (χ1v) is 20.3. The third kappa shape index (κ3) is 5.33. The van der Waals surface area contributed by atoms with Gasteiger partial charge >= 0.3 is 0 Å². The summed E-state index contributed by atoms with van der Waals surface area (Å²) in [5.41, 5.74) is 15.1. The molecule has 5 heteroatoms. The first kappa shape index (κ1) is 34.3. The zero-order valence-electron chi connectivity index (χ0n) is 32.9. The van der Waals surface area contributed by atoms with Crippen LogP contribution in [0.5, 0.6) is 23.0 Å². The van der Waals surface area contributed by atoms with Crippen molar-refractivity contribution in [3.8, 4) is 90.3 Å². The third-order valence-electron chi connectivity index (χ3n) is 12.2. The van der Waals surface area contributed by atoms with Gasteiger partial charge in [-0.2, -0.15) is 0 Å². The highest BCUT2D eigenvalue weighted by Gasteiger charge is 2.39. The van der Waals surface area contributed by atoms with Gasteiger partial charge in [0.15, 0.2) is 28.8 Å². The van der Waals surface area contributed by atoms with E-state index in [2.05, 4.69) is 147 Å². The molecule has 1 aliphatic carbocycles. The van der Waals surface area contributed by atoms with Crippen LogP contribution in [0.25, 0.3) is 89.2 Å². The minimum Gasteiger partial charge on any atom is -0.455 e. The molecule has 0 atom stereocenters. The van der Waals surface area contributed by atoms with E-state index in [1.54, 1.807) is 0 Å². The highest BCUT2D eigenvalue weighted by molar-refractivity contribution is 6.09. The van der Waals surface area contributed by atoms with E-state index in [-0.39, 0.29) is 5.41 Å². The van der Waals surface area contributed by atoms with Gasteiger partial charge in [-0.25, -0.2) is 9.97 Å². The van der Waals surface area contributed by atoms with E-state index in [1.807, 2.05) is 48.5 Å². The van der Waals surface area contributed by atoms with E-state index in [4.69, 9.17) is 23.9 Å². The van der Waals surface area contributed by atoms with Crippen LogP contribution in [0, 0.1) is 0 Å². The lowest BCUT2D eigenvalue weighted by Crippen LogP contribution is -2.15. The highest BCUT2D eigenvalue weighted by Crippen LogP contribution is 2.59. The molecule has 0 N–H and O–H groups in total. The molecule has 12 rings (SSSR count). The van der Waals surface area contributed by atoms with E-state index in [9.17, 15) is 0 Å². The molecule has 60 heavy (non-hydrogen) atoms. The summed E-state index contributed by atoms with van der Waals surface area (Å²) in [4.78, 5) is 10.3. The predicted molar refractivity (Wildman–Crippen MR) is 241 cm³/mol. The Balaban J connectivity index is 0.920. The zero-order valence-corrected chi connectivity index (χ0v) is 32.9. The van der Waals surface area contributed by atoms with Crippen LogP contribution in [0.15, 0.2) is 186 Å². The summed E-state index contributed by atoms with van der Waals surface area (Å²) in [6.07, 6.45) is 0. The number of benzene rings is 8. The van der Waals surface area contributed by atoms with Crippen molar-refractivity contribution in [2.75, 3.05) is 0 Å². The number of aromatic nitrogens is 2. The maximum absolute atomic E-state index is 6.80. The highest BCUT2D eigenvalue weighted by atomic mass is 16.6. The summed E-state index contributed by atoms with van der Waals surface area (Å²) in [5, 5.41) is 2.22. The van der Waals surface area contributed by atoms with Gasteiger partial charge < -0.3 is 13.9 Å². The van der Waals surface area contributed by atoms with Gasteiger partial charge in [0, 0.05) is 49.6 Å². The quantitative estimate of drug-likeness (QED) is 0.174. The average molecular weight is 773 g/mol. The largest absolute Gasteiger partial charge is 0.455 e. The smallest absolute Gasteiger partial charge is 0.178 e. The van der Waals surface area contributed by atoms with Gasteiger partial charge in [-0.15, -0.1) is 0 Å². The summed E-state index contributed by atoms with van der Waals surface area (Å²) < 4.78 is 20.0. The van der Waals surface area contributed by atoms with Gasteiger partial charge in [-0.05, 0) is 58.1 Å². The van der Waals surface area contributed by atoms with Crippen LogP contribution >= 0.6 is 0 Å². The van der Waals surface area contributed by atoms with Crippen molar-refractivity contribution < 1.29 is 13.9 Å². The van der Waals surface area contributed by atoms with Gasteiger partial charge in [0.1, 0.15) is 11.2 Å². The SMILES string of the molecule is CC1(C)c2ccccc2-c2c1ccc1c2Oc2cccc(-c3cccc(-c4cc(-c5ccccc5)nc(-c5ccc(-c6cccc7c6oc6ccccc67)cc5)n4)c3)c2O1. The summed E-state index contributed by atoms with van der Waals surface area (Å²) in [6.45, 7) is 4.55. The Bertz CT molecular complexity index is 3350. The van der Waals surface area contributed by atoms with Crippen LogP contribution in [0.1, 0.15) is 25.0 Å². The summed E-state index contributed by atoms with van der Waals surface area (Å²) in [7, 11) is 0. The molecule has 2 aliphatic rings. The molecule has 2 aromatic heterocycles. The molecular formula is C55H36N2O3. The van der Waals surface area contributed by atoms with E-state index >= 15 is 0 Å². The molecule has 0 spiro atoms. The fourth-order valence-electron chi connectivity index (χ4n) is 9.17. The summed E-state index contributed by atoms with van der Waals surface area (Å²) >= 11 is 0. The average Bonchev–Trinajstić information content (AvgIpc) is 3.80. The number of para-hydroxylation sites is 3. The first-order chi connectivity index (χ1) is 29.5. The van der Waals surface area contributed by atoms with E-state index in [0.29, 0.717) is 23.1 Å². The zero-order chi connectivity index (χ0) is 40.0. The summed E-state index contributed by atoms with van der Waals surface area (Å²) in [5.74, 6) is 3.51. The van der Waals surface area contributed by atoms with E-state index < -0.39 is 0 Å². The van der Waals surface area contributed by atoms with E-state index in [1.165, 1.54) is 16.7 Å². The molecule has 3 heterocycles. The Labute approximate surface area is 347 Å². The Hall–Kier alpha value is -7.76. The summed E-state index contributed by atoms with van der Waals surface area (Å²) in [6, 6.07) is 62.7. The molecule has 0 fully saturated rings. The van der Waals surface area contributed by atoms with Crippen molar-refractivity contribution in [1.82, 2.24) is 9.97 Å². The minimum absolute atomic E-state index is 0.136. The number of rotatable bonds is 5. The van der Waals surface area contributed by atoms with Crippen molar-refractivity contribution >= 4 is 21.9 Å². The monoisotopic (exact) mass is 772 g/mol. The van der Waals surface area contributed by atoms with Crippen molar-refractivity contribution in [2.24, 2.45) is 0 Å². The van der Waals surface area contributed by atoms with Crippen LogP contribution in [0.3, 0.4) is 0 Å². The fraction of sp³-hybridized carbons (Fsp3) is 0.0545. The fourth-order valence-corrected chi connectivity index (χ4v) is 9.17. The van der Waals surface area contributed by atoms with Crippen LogP contribution in [0.4, 0.5) is 0 Å². The lowest BCUT2D eigenvalue weighted by atomic mass is 9.82. The normalized spacial score (nSPS) is 13.2. The van der Waals surface area contributed by atoms with E-state index in [0.717, 1.165) is 83.6 Å². The van der Waals surface area contributed by atoms with Gasteiger partial charge in [0.25, 0.3) is 0 Å².